The Bertz CT molecular complexity index is 232. The van der Waals surface area contributed by atoms with Crippen LogP contribution in [0.4, 0.5) is 0 Å². The second-order valence-corrected chi connectivity index (χ2v) is 4.19. The molecule has 1 saturated heterocycles. The molecular formula is C9H15NO3S. The summed E-state index contributed by atoms with van der Waals surface area (Å²) in [7, 11) is 0. The predicted molar refractivity (Wildman–Crippen MR) is 54.8 cm³/mol. The van der Waals surface area contributed by atoms with Crippen LogP contribution in [0.5, 0.6) is 0 Å². The van der Waals surface area contributed by atoms with E-state index in [0.29, 0.717) is 12.4 Å². The van der Waals surface area contributed by atoms with Crippen molar-refractivity contribution in [2.24, 2.45) is 5.92 Å². The van der Waals surface area contributed by atoms with Crippen LogP contribution in [-0.4, -0.2) is 29.6 Å². The highest BCUT2D eigenvalue weighted by atomic mass is 32.2. The number of amides is 1. The molecule has 5 heteroatoms. The number of rotatable bonds is 5. The molecule has 1 fully saturated rings. The molecular weight excluding hydrogens is 202 g/mol. The van der Waals surface area contributed by atoms with Gasteiger partial charge in [0.15, 0.2) is 0 Å². The summed E-state index contributed by atoms with van der Waals surface area (Å²) >= 11 is 1.44. The van der Waals surface area contributed by atoms with Crippen LogP contribution >= 0.6 is 11.8 Å². The Morgan fingerprint density at radius 3 is 2.79 bits per heavy atom. The number of ether oxygens (including phenoxy) is 1. The minimum absolute atomic E-state index is 0.0643. The zero-order valence-electron chi connectivity index (χ0n) is 8.41. The van der Waals surface area contributed by atoms with Crippen LogP contribution in [-0.2, 0) is 14.3 Å². The Kier molecular flexibility index (Phi) is 4.25. The smallest absolute Gasteiger partial charge is 0.315 e. The number of nitrogens with one attached hydrogen (secondary N) is 1. The van der Waals surface area contributed by atoms with Gasteiger partial charge in [-0.2, -0.15) is 0 Å². The summed E-state index contributed by atoms with van der Waals surface area (Å²) in [6, 6.07) is 0. The molecule has 0 saturated carbocycles. The predicted octanol–water partition coefficient (Wildman–Crippen LogP) is 0.765. The zero-order chi connectivity index (χ0) is 10.6. The van der Waals surface area contributed by atoms with E-state index >= 15 is 0 Å². The van der Waals surface area contributed by atoms with Crippen molar-refractivity contribution in [3.05, 3.63) is 0 Å². The van der Waals surface area contributed by atoms with E-state index in [4.69, 9.17) is 4.74 Å². The Balaban J connectivity index is 2.19. The molecule has 0 unspecified atom stereocenters. The molecule has 0 spiro atoms. The summed E-state index contributed by atoms with van der Waals surface area (Å²) in [5.74, 6) is 0.256. The minimum atomic E-state index is -0.214. The van der Waals surface area contributed by atoms with E-state index in [1.165, 1.54) is 11.8 Å². The number of carbonyl (C=O) groups is 2. The maximum atomic E-state index is 11.0. The van der Waals surface area contributed by atoms with Gasteiger partial charge in [0, 0.05) is 0 Å². The normalized spacial score (nSPS) is 25.1. The van der Waals surface area contributed by atoms with Crippen molar-refractivity contribution in [3.8, 4) is 0 Å². The van der Waals surface area contributed by atoms with Gasteiger partial charge < -0.3 is 10.1 Å². The van der Waals surface area contributed by atoms with Gasteiger partial charge in [-0.15, -0.1) is 11.8 Å². The fourth-order valence-electron chi connectivity index (χ4n) is 1.31. The standard InChI is InChI=1S/C9H15NO3S/c1-3-6-8(12)10-9(6)14-5-7(11)13-4-2/h6,9H,3-5H2,1-2H3,(H,10,12)/t6-,9+/m0/s1. The highest BCUT2D eigenvalue weighted by Crippen LogP contribution is 2.27. The van der Waals surface area contributed by atoms with Crippen LogP contribution in [0.25, 0.3) is 0 Å². The third-order valence-electron chi connectivity index (χ3n) is 2.11. The third-order valence-corrected chi connectivity index (χ3v) is 3.32. The maximum absolute atomic E-state index is 11.0. The molecule has 1 rings (SSSR count). The van der Waals surface area contributed by atoms with Crippen LogP contribution in [0.2, 0.25) is 0 Å². The lowest BCUT2D eigenvalue weighted by Gasteiger charge is -2.35. The van der Waals surface area contributed by atoms with Crippen molar-refractivity contribution < 1.29 is 14.3 Å². The number of hydrogen-bond acceptors (Lipinski definition) is 4. The van der Waals surface area contributed by atoms with Gasteiger partial charge in [0.25, 0.3) is 0 Å². The molecule has 0 aromatic heterocycles. The van der Waals surface area contributed by atoms with Crippen LogP contribution in [0.1, 0.15) is 20.3 Å². The summed E-state index contributed by atoms with van der Waals surface area (Å²) in [6.45, 7) is 4.16. The van der Waals surface area contributed by atoms with Gasteiger partial charge in [-0.3, -0.25) is 9.59 Å². The molecule has 1 amide bonds. The number of hydrogen-bond donors (Lipinski definition) is 1. The van der Waals surface area contributed by atoms with Gasteiger partial charge in [-0.1, -0.05) is 6.92 Å². The van der Waals surface area contributed by atoms with E-state index in [1.807, 2.05) is 6.92 Å². The summed E-state index contributed by atoms with van der Waals surface area (Å²) in [4.78, 5) is 22.0. The van der Waals surface area contributed by atoms with Crippen molar-refractivity contribution in [2.45, 2.75) is 25.6 Å². The molecule has 0 aromatic rings. The Morgan fingerprint density at radius 2 is 2.29 bits per heavy atom. The van der Waals surface area contributed by atoms with Crippen LogP contribution in [0.3, 0.4) is 0 Å². The first-order chi connectivity index (χ1) is 6.69. The fraction of sp³-hybridized carbons (Fsp3) is 0.778. The average Bonchev–Trinajstić information content (AvgIpc) is 2.13. The molecule has 1 heterocycles. The van der Waals surface area contributed by atoms with E-state index in [9.17, 15) is 9.59 Å². The van der Waals surface area contributed by atoms with Crippen molar-refractivity contribution in [2.75, 3.05) is 12.4 Å². The van der Waals surface area contributed by atoms with Crippen LogP contribution in [0.15, 0.2) is 0 Å². The average molecular weight is 217 g/mol. The van der Waals surface area contributed by atoms with Crippen LogP contribution in [0, 0.1) is 5.92 Å². The summed E-state index contributed by atoms with van der Waals surface area (Å²) in [5.41, 5.74) is 0. The fourth-order valence-corrected chi connectivity index (χ4v) is 2.45. The Hall–Kier alpha value is -0.710. The number of esters is 1. The van der Waals surface area contributed by atoms with Gasteiger partial charge >= 0.3 is 5.97 Å². The van der Waals surface area contributed by atoms with Crippen molar-refractivity contribution >= 4 is 23.6 Å². The maximum Gasteiger partial charge on any atom is 0.315 e. The Morgan fingerprint density at radius 1 is 1.57 bits per heavy atom. The van der Waals surface area contributed by atoms with Gasteiger partial charge in [-0.25, -0.2) is 0 Å². The molecule has 14 heavy (non-hydrogen) atoms. The third kappa shape index (κ3) is 2.64. The van der Waals surface area contributed by atoms with E-state index < -0.39 is 0 Å². The lowest BCUT2D eigenvalue weighted by molar-refractivity contribution is -0.140. The van der Waals surface area contributed by atoms with E-state index in [-0.39, 0.29) is 23.2 Å². The summed E-state index contributed by atoms with van der Waals surface area (Å²) in [6.07, 6.45) is 0.826. The summed E-state index contributed by atoms with van der Waals surface area (Å²) < 4.78 is 4.78. The highest BCUT2D eigenvalue weighted by Gasteiger charge is 2.38. The quantitative estimate of drug-likeness (QED) is 0.546. The molecule has 0 bridgehead atoms. The molecule has 1 N–H and O–H groups in total. The molecule has 4 nitrogen and oxygen atoms in total. The van der Waals surface area contributed by atoms with Crippen molar-refractivity contribution in [1.29, 1.82) is 0 Å². The first-order valence-electron chi connectivity index (χ1n) is 4.76. The minimum Gasteiger partial charge on any atom is -0.465 e. The molecule has 0 radical (unpaired) electrons. The highest BCUT2D eigenvalue weighted by molar-refractivity contribution is 8.00. The van der Waals surface area contributed by atoms with Gasteiger partial charge in [0.2, 0.25) is 5.91 Å². The topological polar surface area (TPSA) is 55.4 Å². The van der Waals surface area contributed by atoms with Gasteiger partial charge in [0.05, 0.1) is 23.7 Å². The monoisotopic (exact) mass is 217 g/mol. The first-order valence-corrected chi connectivity index (χ1v) is 5.81. The van der Waals surface area contributed by atoms with Gasteiger partial charge in [-0.05, 0) is 13.3 Å². The molecule has 1 aliphatic rings. The summed E-state index contributed by atoms with van der Waals surface area (Å²) in [5, 5.41) is 2.85. The molecule has 0 aromatic carbocycles. The number of β-lactam (4-membered cyclic amide) rings is 1. The molecule has 1 aliphatic heterocycles. The molecule has 2 atom stereocenters. The molecule has 80 valence electrons. The number of carbonyl (C=O) groups excluding carboxylic acids is 2. The SMILES string of the molecule is CCOC(=O)CS[C@H]1NC(=O)[C@@H]1CC. The Labute approximate surface area is 87.8 Å². The van der Waals surface area contributed by atoms with Crippen molar-refractivity contribution in [1.82, 2.24) is 5.32 Å². The van der Waals surface area contributed by atoms with Crippen molar-refractivity contribution in [3.63, 3.8) is 0 Å². The van der Waals surface area contributed by atoms with E-state index in [0.717, 1.165) is 6.42 Å². The second kappa shape index (κ2) is 5.24. The second-order valence-electron chi connectivity index (χ2n) is 3.06. The largest absolute Gasteiger partial charge is 0.465 e. The van der Waals surface area contributed by atoms with Gasteiger partial charge in [0.1, 0.15) is 0 Å². The zero-order valence-corrected chi connectivity index (χ0v) is 9.23. The van der Waals surface area contributed by atoms with Crippen LogP contribution < -0.4 is 5.32 Å². The van der Waals surface area contributed by atoms with E-state index in [1.54, 1.807) is 6.92 Å². The lowest BCUT2D eigenvalue weighted by atomic mass is 9.99. The molecule has 0 aliphatic carbocycles. The lowest BCUT2D eigenvalue weighted by Crippen LogP contribution is -2.56. The first kappa shape index (κ1) is 11.4. The number of thioether (sulfide) groups is 1. The van der Waals surface area contributed by atoms with E-state index in [2.05, 4.69) is 5.32 Å².